The Morgan fingerprint density at radius 2 is 2.05 bits per heavy atom. The summed E-state index contributed by atoms with van der Waals surface area (Å²) in [7, 11) is 0. The van der Waals surface area contributed by atoms with Gasteiger partial charge in [-0.15, -0.1) is 0 Å². The van der Waals surface area contributed by atoms with Crippen LogP contribution in [0.4, 0.5) is 5.69 Å². The Morgan fingerprint density at radius 1 is 1.42 bits per heavy atom. The van der Waals surface area contributed by atoms with Gasteiger partial charge in [0.1, 0.15) is 0 Å². The number of hydrogen-bond donors (Lipinski definition) is 3. The number of aliphatic hydroxyl groups is 1. The normalized spacial score (nSPS) is 19.1. The van der Waals surface area contributed by atoms with Crippen LogP contribution in [0.5, 0.6) is 0 Å². The number of aliphatic hydroxyl groups excluding tert-OH is 1. The SMILES string of the molecule is CC(O)c1ccccc1NC(=O)CC1(N)CCCC1. The first-order chi connectivity index (χ1) is 9.00. The molecule has 1 fully saturated rings. The van der Waals surface area contributed by atoms with Gasteiger partial charge in [0, 0.05) is 23.2 Å². The minimum atomic E-state index is -0.602. The summed E-state index contributed by atoms with van der Waals surface area (Å²) >= 11 is 0. The zero-order valence-electron chi connectivity index (χ0n) is 11.4. The third kappa shape index (κ3) is 3.55. The first-order valence-corrected chi connectivity index (χ1v) is 6.86. The van der Waals surface area contributed by atoms with Gasteiger partial charge in [-0.1, -0.05) is 31.0 Å². The summed E-state index contributed by atoms with van der Waals surface area (Å²) in [5, 5.41) is 12.5. The van der Waals surface area contributed by atoms with Crippen molar-refractivity contribution in [3.05, 3.63) is 29.8 Å². The first kappa shape index (κ1) is 14.0. The predicted octanol–water partition coefficient (Wildman–Crippen LogP) is 2.34. The highest BCUT2D eigenvalue weighted by molar-refractivity contribution is 5.92. The van der Waals surface area contributed by atoms with Crippen molar-refractivity contribution in [3.8, 4) is 0 Å². The van der Waals surface area contributed by atoms with Crippen LogP contribution in [0.25, 0.3) is 0 Å². The van der Waals surface area contributed by atoms with Gasteiger partial charge < -0.3 is 16.2 Å². The monoisotopic (exact) mass is 262 g/mol. The molecule has 19 heavy (non-hydrogen) atoms. The maximum Gasteiger partial charge on any atom is 0.226 e. The van der Waals surface area contributed by atoms with Gasteiger partial charge in [0.05, 0.1) is 6.10 Å². The summed E-state index contributed by atoms with van der Waals surface area (Å²) in [6.07, 6.45) is 3.79. The molecule has 1 aromatic rings. The fraction of sp³-hybridized carbons (Fsp3) is 0.533. The lowest BCUT2D eigenvalue weighted by Gasteiger charge is -2.23. The minimum Gasteiger partial charge on any atom is -0.389 e. The van der Waals surface area contributed by atoms with Crippen molar-refractivity contribution in [2.24, 2.45) is 5.73 Å². The third-order valence-corrected chi connectivity index (χ3v) is 3.80. The van der Waals surface area contributed by atoms with Crippen LogP contribution in [-0.4, -0.2) is 16.6 Å². The molecule has 0 spiro atoms. The van der Waals surface area contributed by atoms with Gasteiger partial charge in [0.15, 0.2) is 0 Å². The first-order valence-electron chi connectivity index (χ1n) is 6.86. The molecule has 1 aromatic carbocycles. The lowest BCUT2D eigenvalue weighted by molar-refractivity contribution is -0.117. The molecule has 1 aliphatic carbocycles. The number of carbonyl (C=O) groups excluding carboxylic acids is 1. The van der Waals surface area contributed by atoms with Crippen molar-refractivity contribution in [2.75, 3.05) is 5.32 Å². The van der Waals surface area contributed by atoms with Gasteiger partial charge in [0.2, 0.25) is 5.91 Å². The van der Waals surface area contributed by atoms with Gasteiger partial charge in [-0.3, -0.25) is 4.79 Å². The molecule has 1 amide bonds. The minimum absolute atomic E-state index is 0.0718. The summed E-state index contributed by atoms with van der Waals surface area (Å²) in [5.41, 5.74) is 7.26. The highest BCUT2D eigenvalue weighted by atomic mass is 16.3. The molecular formula is C15H22N2O2. The number of para-hydroxylation sites is 1. The molecule has 0 saturated heterocycles. The van der Waals surface area contributed by atoms with E-state index in [1.54, 1.807) is 13.0 Å². The fourth-order valence-electron chi connectivity index (χ4n) is 2.75. The van der Waals surface area contributed by atoms with Crippen molar-refractivity contribution in [1.29, 1.82) is 0 Å². The third-order valence-electron chi connectivity index (χ3n) is 3.80. The molecule has 1 unspecified atom stereocenters. The van der Waals surface area contributed by atoms with Crippen LogP contribution in [0.2, 0.25) is 0 Å². The highest BCUT2D eigenvalue weighted by Crippen LogP contribution is 2.30. The Hall–Kier alpha value is -1.39. The molecule has 4 N–H and O–H groups in total. The van der Waals surface area contributed by atoms with E-state index in [2.05, 4.69) is 5.32 Å². The molecule has 0 aliphatic heterocycles. The predicted molar refractivity (Wildman–Crippen MR) is 75.7 cm³/mol. The molecule has 4 nitrogen and oxygen atoms in total. The summed E-state index contributed by atoms with van der Waals surface area (Å²) in [6.45, 7) is 1.69. The number of nitrogens with two attached hydrogens (primary N) is 1. The van der Waals surface area contributed by atoms with Crippen LogP contribution < -0.4 is 11.1 Å². The molecular weight excluding hydrogens is 240 g/mol. The zero-order chi connectivity index (χ0) is 13.9. The van der Waals surface area contributed by atoms with Crippen molar-refractivity contribution in [3.63, 3.8) is 0 Å². The number of nitrogens with one attached hydrogen (secondary N) is 1. The average Bonchev–Trinajstić information content (AvgIpc) is 2.75. The molecule has 1 saturated carbocycles. The van der Waals surface area contributed by atoms with E-state index >= 15 is 0 Å². The number of amides is 1. The van der Waals surface area contributed by atoms with Gasteiger partial charge in [-0.2, -0.15) is 0 Å². The summed E-state index contributed by atoms with van der Waals surface area (Å²) in [4.78, 5) is 12.1. The second-order valence-electron chi connectivity index (χ2n) is 5.56. The van der Waals surface area contributed by atoms with Crippen molar-refractivity contribution < 1.29 is 9.90 Å². The van der Waals surface area contributed by atoms with Crippen molar-refractivity contribution >= 4 is 11.6 Å². The van der Waals surface area contributed by atoms with Gasteiger partial charge in [-0.25, -0.2) is 0 Å². The Labute approximate surface area is 114 Å². The van der Waals surface area contributed by atoms with Crippen LogP contribution >= 0.6 is 0 Å². The molecule has 0 bridgehead atoms. The maximum atomic E-state index is 12.1. The van der Waals surface area contributed by atoms with E-state index in [0.717, 1.165) is 31.2 Å². The van der Waals surface area contributed by atoms with Crippen molar-refractivity contribution in [1.82, 2.24) is 0 Å². The largest absolute Gasteiger partial charge is 0.389 e. The quantitative estimate of drug-likeness (QED) is 0.779. The van der Waals surface area contributed by atoms with Crippen LogP contribution in [-0.2, 0) is 4.79 Å². The van der Waals surface area contributed by atoms with Crippen LogP contribution in [0.3, 0.4) is 0 Å². The van der Waals surface area contributed by atoms with Crippen LogP contribution in [0, 0.1) is 0 Å². The highest BCUT2D eigenvalue weighted by Gasteiger charge is 2.31. The molecule has 2 rings (SSSR count). The summed E-state index contributed by atoms with van der Waals surface area (Å²) in [5.74, 6) is -0.0718. The lowest BCUT2D eigenvalue weighted by Crippen LogP contribution is -2.40. The summed E-state index contributed by atoms with van der Waals surface area (Å²) < 4.78 is 0. The molecule has 104 valence electrons. The van der Waals surface area contributed by atoms with Gasteiger partial charge in [0.25, 0.3) is 0 Å². The Kier molecular flexibility index (Phi) is 4.22. The number of anilines is 1. The topological polar surface area (TPSA) is 75.3 Å². The average molecular weight is 262 g/mol. The smallest absolute Gasteiger partial charge is 0.226 e. The molecule has 4 heteroatoms. The molecule has 0 aromatic heterocycles. The van der Waals surface area contributed by atoms with Crippen LogP contribution in [0.15, 0.2) is 24.3 Å². The number of carbonyl (C=O) groups is 1. The molecule has 0 heterocycles. The Bertz CT molecular complexity index is 451. The lowest BCUT2D eigenvalue weighted by atomic mass is 9.94. The fourth-order valence-corrected chi connectivity index (χ4v) is 2.75. The van der Waals surface area contributed by atoms with E-state index in [-0.39, 0.29) is 11.4 Å². The van der Waals surface area contributed by atoms with E-state index in [0.29, 0.717) is 12.1 Å². The number of benzene rings is 1. The van der Waals surface area contributed by atoms with Crippen LogP contribution in [0.1, 0.15) is 50.7 Å². The van der Waals surface area contributed by atoms with E-state index in [1.807, 2.05) is 18.2 Å². The molecule has 1 aliphatic rings. The number of hydrogen-bond acceptors (Lipinski definition) is 3. The second kappa shape index (κ2) is 5.72. The Morgan fingerprint density at radius 3 is 2.68 bits per heavy atom. The molecule has 0 radical (unpaired) electrons. The Balaban J connectivity index is 2.03. The second-order valence-corrected chi connectivity index (χ2v) is 5.56. The number of rotatable bonds is 4. The zero-order valence-corrected chi connectivity index (χ0v) is 11.4. The van der Waals surface area contributed by atoms with E-state index in [4.69, 9.17) is 5.73 Å². The van der Waals surface area contributed by atoms with Crippen molar-refractivity contribution in [2.45, 2.75) is 50.7 Å². The molecule has 1 atom stereocenters. The van der Waals surface area contributed by atoms with E-state index in [1.165, 1.54) is 0 Å². The maximum absolute atomic E-state index is 12.1. The van der Waals surface area contributed by atoms with E-state index in [9.17, 15) is 9.90 Å². The standard InChI is InChI=1S/C15H22N2O2/c1-11(18)12-6-2-3-7-13(12)17-14(19)10-15(16)8-4-5-9-15/h2-3,6-7,11,18H,4-5,8-10,16H2,1H3,(H,17,19). The van der Waals surface area contributed by atoms with Gasteiger partial charge in [-0.05, 0) is 25.8 Å². The van der Waals surface area contributed by atoms with E-state index < -0.39 is 6.10 Å². The van der Waals surface area contributed by atoms with Gasteiger partial charge >= 0.3 is 0 Å². The summed E-state index contributed by atoms with van der Waals surface area (Å²) in [6, 6.07) is 7.31.